The minimum Gasteiger partial charge on any atom is -0.279 e. The lowest BCUT2D eigenvalue weighted by Crippen LogP contribution is -2.13. The van der Waals surface area contributed by atoms with Gasteiger partial charge in [0.25, 0.3) is 0 Å². The highest BCUT2D eigenvalue weighted by Crippen LogP contribution is 2.42. The molecule has 0 N–H and O–H groups in total. The summed E-state index contributed by atoms with van der Waals surface area (Å²) in [5.74, 6) is 0.851. The van der Waals surface area contributed by atoms with E-state index in [1.165, 1.54) is 33.0 Å². The predicted molar refractivity (Wildman–Crippen MR) is 271 cm³/mol. The smallest absolute Gasteiger partial charge is 0.220 e. The van der Waals surface area contributed by atoms with E-state index in [1.54, 1.807) is 0 Å². The molecular formula is C60H56N4. The van der Waals surface area contributed by atoms with E-state index in [9.17, 15) is 0 Å². The maximum Gasteiger partial charge on any atom is 0.220 e. The molecule has 0 radical (unpaired) electrons. The average molecular weight is 833 g/mol. The standard InChI is InChI=1S/C60H56N4/c1-58(2,3)44-26-29-52(48(36-44)40-20-14-11-15-21-40)64-55-25-17-24-47(42-22-16-23-43(34-42)51-35-41(32-33-61-51)39-18-12-10-13-19-39)56(55)62-57(64)63-53-30-27-45(59(4,5)6)37-49(53)50-38-46(60(7,8)9)28-31-54(50)63/h10-38H,1-9H3. The number of nitrogens with zero attached hydrogens (tertiary/aromatic N) is 4. The second-order valence-corrected chi connectivity index (χ2v) is 20.4. The van der Waals surface area contributed by atoms with E-state index in [0.29, 0.717) is 0 Å². The van der Waals surface area contributed by atoms with Crippen LogP contribution in [0.4, 0.5) is 0 Å². The summed E-state index contributed by atoms with van der Waals surface area (Å²) in [6.07, 6.45) is 1.91. The first kappa shape index (κ1) is 41.0. The maximum atomic E-state index is 5.82. The zero-order valence-electron chi connectivity index (χ0n) is 38.5. The minimum atomic E-state index is -0.0437. The first-order valence-electron chi connectivity index (χ1n) is 22.6. The van der Waals surface area contributed by atoms with E-state index >= 15 is 0 Å². The van der Waals surface area contributed by atoms with Gasteiger partial charge in [0.2, 0.25) is 5.95 Å². The first-order chi connectivity index (χ1) is 30.6. The molecule has 316 valence electrons. The van der Waals surface area contributed by atoms with Gasteiger partial charge in [0.05, 0.1) is 33.4 Å². The molecule has 0 aliphatic carbocycles. The van der Waals surface area contributed by atoms with Gasteiger partial charge in [-0.1, -0.05) is 172 Å². The van der Waals surface area contributed by atoms with Crippen molar-refractivity contribution in [2.75, 3.05) is 0 Å². The van der Waals surface area contributed by atoms with Gasteiger partial charge in [-0.25, -0.2) is 4.98 Å². The van der Waals surface area contributed by atoms with Gasteiger partial charge in [0.1, 0.15) is 0 Å². The molecule has 64 heavy (non-hydrogen) atoms. The highest BCUT2D eigenvalue weighted by Gasteiger charge is 2.27. The number of aromatic nitrogens is 4. The molecule has 0 aliphatic heterocycles. The molecule has 0 unspecified atom stereocenters. The van der Waals surface area contributed by atoms with Gasteiger partial charge < -0.3 is 0 Å². The van der Waals surface area contributed by atoms with Crippen LogP contribution in [0.3, 0.4) is 0 Å². The van der Waals surface area contributed by atoms with Crippen LogP contribution < -0.4 is 0 Å². The third-order valence-corrected chi connectivity index (χ3v) is 12.9. The Bertz CT molecular complexity index is 3290. The Labute approximate surface area is 377 Å². The summed E-state index contributed by atoms with van der Waals surface area (Å²) in [4.78, 5) is 10.7. The van der Waals surface area contributed by atoms with Crippen molar-refractivity contribution in [3.05, 3.63) is 193 Å². The fourth-order valence-corrected chi connectivity index (χ4v) is 9.17. The third-order valence-electron chi connectivity index (χ3n) is 12.9. The molecule has 0 fully saturated rings. The van der Waals surface area contributed by atoms with Crippen LogP contribution in [0.15, 0.2) is 176 Å². The highest BCUT2D eigenvalue weighted by atomic mass is 15.2. The van der Waals surface area contributed by atoms with E-state index in [1.807, 2.05) is 6.20 Å². The molecule has 10 aromatic rings. The van der Waals surface area contributed by atoms with Gasteiger partial charge in [0.15, 0.2) is 0 Å². The lowest BCUT2D eigenvalue weighted by molar-refractivity contribution is 0.590. The number of rotatable bonds is 6. The number of pyridine rings is 1. The topological polar surface area (TPSA) is 35.6 Å². The molecule has 3 heterocycles. The fourth-order valence-electron chi connectivity index (χ4n) is 9.17. The Balaban J connectivity index is 1.28. The summed E-state index contributed by atoms with van der Waals surface area (Å²) in [6, 6.07) is 62.1. The Morgan fingerprint density at radius 3 is 1.55 bits per heavy atom. The Morgan fingerprint density at radius 1 is 0.375 bits per heavy atom. The highest BCUT2D eigenvalue weighted by molar-refractivity contribution is 6.10. The van der Waals surface area contributed by atoms with Crippen molar-refractivity contribution in [3.63, 3.8) is 0 Å². The number of hydrogen-bond donors (Lipinski definition) is 0. The number of imidazole rings is 1. The van der Waals surface area contributed by atoms with Gasteiger partial charge in [-0.05, 0) is 116 Å². The van der Waals surface area contributed by atoms with Crippen molar-refractivity contribution >= 4 is 32.8 Å². The second-order valence-electron chi connectivity index (χ2n) is 20.4. The molecule has 10 rings (SSSR count). The summed E-state index contributed by atoms with van der Waals surface area (Å²) in [5.41, 5.74) is 17.9. The lowest BCUT2D eigenvalue weighted by Gasteiger charge is -2.23. The van der Waals surface area contributed by atoms with Crippen LogP contribution in [0.1, 0.15) is 79.0 Å². The van der Waals surface area contributed by atoms with Crippen LogP contribution in [-0.4, -0.2) is 19.1 Å². The van der Waals surface area contributed by atoms with Gasteiger partial charge in [-0.3, -0.25) is 14.1 Å². The molecule has 0 aliphatic rings. The Morgan fingerprint density at radius 2 is 0.922 bits per heavy atom. The van der Waals surface area contributed by atoms with Crippen molar-refractivity contribution in [2.45, 2.75) is 78.6 Å². The largest absolute Gasteiger partial charge is 0.279 e. The quantitative estimate of drug-likeness (QED) is 0.167. The molecule has 4 heteroatoms. The van der Waals surface area contributed by atoms with Crippen molar-refractivity contribution in [1.82, 2.24) is 19.1 Å². The molecule has 0 spiro atoms. The molecule has 0 bridgehead atoms. The van der Waals surface area contributed by atoms with Crippen LogP contribution in [0.2, 0.25) is 0 Å². The zero-order chi connectivity index (χ0) is 44.5. The molecule has 0 amide bonds. The van der Waals surface area contributed by atoms with Crippen molar-refractivity contribution in [1.29, 1.82) is 0 Å². The van der Waals surface area contributed by atoms with Crippen LogP contribution in [0.25, 0.3) is 89.1 Å². The van der Waals surface area contributed by atoms with Gasteiger partial charge in [-0.15, -0.1) is 0 Å². The first-order valence-corrected chi connectivity index (χ1v) is 22.6. The monoisotopic (exact) mass is 832 g/mol. The van der Waals surface area contributed by atoms with Gasteiger partial charge in [-0.2, -0.15) is 0 Å². The summed E-state index contributed by atoms with van der Waals surface area (Å²) in [7, 11) is 0. The van der Waals surface area contributed by atoms with E-state index in [2.05, 4.69) is 241 Å². The minimum absolute atomic E-state index is 0.0153. The molecular weight excluding hydrogens is 777 g/mol. The van der Waals surface area contributed by atoms with Crippen LogP contribution in [0.5, 0.6) is 0 Å². The maximum absolute atomic E-state index is 5.82. The van der Waals surface area contributed by atoms with E-state index in [-0.39, 0.29) is 16.2 Å². The molecule has 7 aromatic carbocycles. The van der Waals surface area contributed by atoms with Gasteiger partial charge >= 0.3 is 0 Å². The molecule has 3 aromatic heterocycles. The van der Waals surface area contributed by atoms with Crippen LogP contribution >= 0.6 is 0 Å². The van der Waals surface area contributed by atoms with Crippen molar-refractivity contribution < 1.29 is 0 Å². The molecule has 0 saturated carbocycles. The van der Waals surface area contributed by atoms with Crippen molar-refractivity contribution in [3.8, 4) is 56.3 Å². The van der Waals surface area contributed by atoms with Gasteiger partial charge in [0, 0.05) is 33.7 Å². The normalized spacial score (nSPS) is 12.5. The Kier molecular flexibility index (Phi) is 9.83. The van der Waals surface area contributed by atoms with Crippen LogP contribution in [-0.2, 0) is 16.2 Å². The number of fused-ring (bicyclic) bond motifs is 4. The Hall–Kier alpha value is -7.04. The predicted octanol–water partition coefficient (Wildman–Crippen LogP) is 16.1. The summed E-state index contributed by atoms with van der Waals surface area (Å²) in [5, 5.41) is 2.47. The lowest BCUT2D eigenvalue weighted by atomic mass is 9.85. The van der Waals surface area contributed by atoms with Crippen molar-refractivity contribution in [2.24, 2.45) is 0 Å². The second kappa shape index (κ2) is 15.3. The van der Waals surface area contributed by atoms with E-state index in [0.717, 1.165) is 72.8 Å². The fraction of sp³-hybridized carbons (Fsp3) is 0.200. The SMILES string of the molecule is CC(C)(C)c1ccc(-n2c(-n3c4ccc(C(C)(C)C)cc4c4cc(C(C)(C)C)ccc43)nc3c(-c4cccc(-c5cc(-c6ccccc6)ccn5)c4)cccc32)c(-c2ccccc2)c1. The van der Waals surface area contributed by atoms with E-state index < -0.39 is 0 Å². The van der Waals surface area contributed by atoms with Crippen LogP contribution in [0, 0.1) is 0 Å². The zero-order valence-corrected chi connectivity index (χ0v) is 38.5. The number of hydrogen-bond acceptors (Lipinski definition) is 2. The molecule has 4 nitrogen and oxygen atoms in total. The summed E-state index contributed by atoms with van der Waals surface area (Å²) >= 11 is 0. The van der Waals surface area contributed by atoms with E-state index in [4.69, 9.17) is 9.97 Å². The summed E-state index contributed by atoms with van der Waals surface area (Å²) in [6.45, 7) is 20.7. The molecule has 0 saturated heterocycles. The molecule has 0 atom stereocenters. The average Bonchev–Trinajstić information content (AvgIpc) is 3.83. The number of para-hydroxylation sites is 1. The summed E-state index contributed by atoms with van der Waals surface area (Å²) < 4.78 is 4.83. The third kappa shape index (κ3) is 7.31. The number of benzene rings is 7.